The minimum atomic E-state index is -0.216. The lowest BCUT2D eigenvalue weighted by Crippen LogP contribution is -2.31. The highest BCUT2D eigenvalue weighted by Crippen LogP contribution is 2.19. The van der Waals surface area contributed by atoms with Gasteiger partial charge in [0.1, 0.15) is 18.1 Å². The molecule has 0 aliphatic carbocycles. The summed E-state index contributed by atoms with van der Waals surface area (Å²) in [5, 5.41) is 6.76. The monoisotopic (exact) mass is 329 g/mol. The zero-order valence-corrected chi connectivity index (χ0v) is 14.5. The van der Waals surface area contributed by atoms with E-state index in [0.717, 1.165) is 22.6 Å². The molecule has 1 aromatic heterocycles. The smallest absolute Gasteiger partial charge is 0.321 e. The number of anilines is 1. The van der Waals surface area contributed by atoms with Gasteiger partial charge in [-0.2, -0.15) is 0 Å². The number of nitrogens with one attached hydrogen (secondary N) is 1. The second-order valence-electron chi connectivity index (χ2n) is 5.86. The highest BCUT2D eigenvalue weighted by atomic mass is 16.5. The van der Waals surface area contributed by atoms with Crippen LogP contribution in [0.2, 0.25) is 0 Å². The number of rotatable bonds is 6. The molecule has 0 saturated carbocycles. The van der Waals surface area contributed by atoms with Gasteiger partial charge >= 0.3 is 6.03 Å². The lowest BCUT2D eigenvalue weighted by Gasteiger charge is -2.18. The molecule has 2 rings (SSSR count). The Kier molecular flexibility index (Phi) is 5.63. The van der Waals surface area contributed by atoms with E-state index in [-0.39, 0.29) is 6.03 Å². The zero-order valence-electron chi connectivity index (χ0n) is 14.5. The van der Waals surface area contributed by atoms with Crippen molar-refractivity contribution in [2.45, 2.75) is 27.3 Å². The molecule has 2 amide bonds. The summed E-state index contributed by atoms with van der Waals surface area (Å²) in [4.78, 5) is 13.9. The Balaban J connectivity index is 1.98. The van der Waals surface area contributed by atoms with Crippen molar-refractivity contribution in [2.24, 2.45) is 0 Å². The standard InChI is InChI=1S/C18H23N3O3/c1-12(2)11-23-16-8-6-7-15(9-16)19-18(22)21(5)10-17-13(3)20-24-14(17)4/h6-9H,1,10-11H2,2-5H3,(H,19,22). The van der Waals surface area contributed by atoms with Crippen molar-refractivity contribution in [2.75, 3.05) is 19.0 Å². The van der Waals surface area contributed by atoms with Crippen molar-refractivity contribution in [1.29, 1.82) is 0 Å². The molecule has 2 aromatic rings. The first-order chi connectivity index (χ1) is 11.4. The average molecular weight is 329 g/mol. The van der Waals surface area contributed by atoms with Gasteiger partial charge in [0.2, 0.25) is 0 Å². The molecule has 0 aliphatic rings. The minimum Gasteiger partial charge on any atom is -0.489 e. The summed E-state index contributed by atoms with van der Waals surface area (Å²) in [5.74, 6) is 1.41. The van der Waals surface area contributed by atoms with Crippen molar-refractivity contribution in [3.8, 4) is 5.75 Å². The summed E-state index contributed by atoms with van der Waals surface area (Å²) >= 11 is 0. The predicted molar refractivity (Wildman–Crippen MR) is 93.2 cm³/mol. The van der Waals surface area contributed by atoms with Crippen LogP contribution in [0.25, 0.3) is 0 Å². The number of hydrogen-bond acceptors (Lipinski definition) is 4. The van der Waals surface area contributed by atoms with Crippen molar-refractivity contribution in [3.63, 3.8) is 0 Å². The van der Waals surface area contributed by atoms with Crippen LogP contribution in [0.1, 0.15) is 23.9 Å². The average Bonchev–Trinajstić information content (AvgIpc) is 2.85. The van der Waals surface area contributed by atoms with Crippen LogP contribution < -0.4 is 10.1 Å². The fourth-order valence-electron chi connectivity index (χ4n) is 2.13. The first-order valence-corrected chi connectivity index (χ1v) is 7.68. The van der Waals surface area contributed by atoms with Crippen LogP contribution in [0.5, 0.6) is 5.75 Å². The van der Waals surface area contributed by atoms with Gasteiger partial charge in [0, 0.05) is 24.4 Å². The largest absolute Gasteiger partial charge is 0.489 e. The molecule has 6 nitrogen and oxygen atoms in total. The van der Waals surface area contributed by atoms with Gasteiger partial charge in [0.25, 0.3) is 0 Å². The highest BCUT2D eigenvalue weighted by Gasteiger charge is 2.15. The summed E-state index contributed by atoms with van der Waals surface area (Å²) in [5.41, 5.74) is 3.32. The van der Waals surface area contributed by atoms with Crippen LogP contribution in [0.15, 0.2) is 40.9 Å². The van der Waals surface area contributed by atoms with Gasteiger partial charge < -0.3 is 19.5 Å². The van der Waals surface area contributed by atoms with Gasteiger partial charge in [-0.15, -0.1) is 0 Å². The molecule has 0 radical (unpaired) electrons. The Bertz CT molecular complexity index is 717. The third-order valence-electron chi connectivity index (χ3n) is 3.49. The molecule has 128 valence electrons. The van der Waals surface area contributed by atoms with Crippen LogP contribution in [-0.4, -0.2) is 29.7 Å². The van der Waals surface area contributed by atoms with Gasteiger partial charge in [-0.3, -0.25) is 0 Å². The summed E-state index contributed by atoms with van der Waals surface area (Å²) in [6, 6.07) is 7.05. The zero-order chi connectivity index (χ0) is 17.7. The summed E-state index contributed by atoms with van der Waals surface area (Å²) < 4.78 is 10.7. The molecule has 0 aliphatic heterocycles. The van der Waals surface area contributed by atoms with E-state index < -0.39 is 0 Å². The Labute approximate surface area is 142 Å². The SMILES string of the molecule is C=C(C)COc1cccc(NC(=O)N(C)Cc2c(C)noc2C)c1. The number of nitrogens with zero attached hydrogens (tertiary/aromatic N) is 2. The highest BCUT2D eigenvalue weighted by molar-refractivity contribution is 5.89. The van der Waals surface area contributed by atoms with Crippen LogP contribution in [0.3, 0.4) is 0 Å². The van der Waals surface area contributed by atoms with Crippen LogP contribution >= 0.6 is 0 Å². The van der Waals surface area contributed by atoms with Gasteiger partial charge in [0.15, 0.2) is 0 Å². The van der Waals surface area contributed by atoms with Gasteiger partial charge in [-0.25, -0.2) is 4.79 Å². The molecule has 6 heteroatoms. The number of ether oxygens (including phenoxy) is 1. The molecular weight excluding hydrogens is 306 g/mol. The van der Waals surface area contributed by atoms with Gasteiger partial charge in [-0.05, 0) is 38.5 Å². The van der Waals surface area contributed by atoms with E-state index in [1.807, 2.05) is 39.0 Å². The number of carbonyl (C=O) groups excluding carboxylic acids is 1. The molecule has 0 spiro atoms. The number of carbonyl (C=O) groups is 1. The molecule has 0 fully saturated rings. The van der Waals surface area contributed by atoms with Gasteiger partial charge in [0.05, 0.1) is 12.2 Å². The lowest BCUT2D eigenvalue weighted by molar-refractivity contribution is 0.220. The van der Waals surface area contributed by atoms with E-state index >= 15 is 0 Å². The van der Waals surface area contributed by atoms with E-state index in [9.17, 15) is 4.79 Å². The van der Waals surface area contributed by atoms with Crippen LogP contribution in [-0.2, 0) is 6.54 Å². The van der Waals surface area contributed by atoms with Crippen LogP contribution in [0.4, 0.5) is 10.5 Å². The minimum absolute atomic E-state index is 0.216. The molecule has 1 heterocycles. The molecule has 0 bridgehead atoms. The van der Waals surface area contributed by atoms with E-state index in [0.29, 0.717) is 24.6 Å². The van der Waals surface area contributed by atoms with Crippen molar-refractivity contribution in [1.82, 2.24) is 10.1 Å². The fraction of sp³-hybridized carbons (Fsp3) is 0.333. The number of amides is 2. The molecule has 1 N–H and O–H groups in total. The number of aryl methyl sites for hydroxylation is 2. The van der Waals surface area contributed by atoms with Crippen molar-refractivity contribution >= 4 is 11.7 Å². The predicted octanol–water partition coefficient (Wildman–Crippen LogP) is 3.91. The number of hydrogen-bond donors (Lipinski definition) is 1. The maximum absolute atomic E-state index is 12.3. The maximum Gasteiger partial charge on any atom is 0.321 e. The molecule has 24 heavy (non-hydrogen) atoms. The van der Waals surface area contributed by atoms with E-state index in [1.165, 1.54) is 0 Å². The normalized spacial score (nSPS) is 10.3. The first kappa shape index (κ1) is 17.6. The fourth-order valence-corrected chi connectivity index (χ4v) is 2.13. The van der Waals surface area contributed by atoms with Crippen LogP contribution in [0, 0.1) is 13.8 Å². The second-order valence-corrected chi connectivity index (χ2v) is 5.86. The Morgan fingerprint density at radius 1 is 1.42 bits per heavy atom. The first-order valence-electron chi connectivity index (χ1n) is 7.68. The summed E-state index contributed by atoms with van der Waals surface area (Å²) in [7, 11) is 1.72. The van der Waals surface area contributed by atoms with E-state index in [4.69, 9.17) is 9.26 Å². The Morgan fingerprint density at radius 3 is 2.79 bits per heavy atom. The molecular formula is C18H23N3O3. The molecule has 0 saturated heterocycles. The molecule has 0 unspecified atom stereocenters. The topological polar surface area (TPSA) is 67.6 Å². The van der Waals surface area contributed by atoms with Crippen molar-refractivity contribution < 1.29 is 14.1 Å². The number of urea groups is 1. The van der Waals surface area contributed by atoms with E-state index in [2.05, 4.69) is 17.1 Å². The number of aromatic nitrogens is 1. The van der Waals surface area contributed by atoms with Crippen molar-refractivity contribution in [3.05, 3.63) is 53.4 Å². The molecule has 1 aromatic carbocycles. The summed E-state index contributed by atoms with van der Waals surface area (Å²) in [6.07, 6.45) is 0. The number of benzene rings is 1. The Morgan fingerprint density at radius 2 is 2.17 bits per heavy atom. The third-order valence-corrected chi connectivity index (χ3v) is 3.49. The quantitative estimate of drug-likeness (QED) is 0.816. The lowest BCUT2D eigenvalue weighted by atomic mass is 10.2. The van der Waals surface area contributed by atoms with Gasteiger partial charge in [-0.1, -0.05) is 17.8 Å². The third kappa shape index (κ3) is 4.62. The van der Waals surface area contributed by atoms with E-state index in [1.54, 1.807) is 18.0 Å². The summed E-state index contributed by atoms with van der Waals surface area (Å²) in [6.45, 7) is 10.3. The Hall–Kier alpha value is -2.76. The second kappa shape index (κ2) is 7.68. The maximum atomic E-state index is 12.3. The molecule has 0 atom stereocenters.